The van der Waals surface area contributed by atoms with Gasteiger partial charge in [-0.3, -0.25) is 0 Å². The Morgan fingerprint density at radius 2 is 2.18 bits per heavy atom. The minimum atomic E-state index is -0.803. The van der Waals surface area contributed by atoms with E-state index in [0.717, 1.165) is 6.07 Å². The van der Waals surface area contributed by atoms with Crippen LogP contribution >= 0.6 is 0 Å². The van der Waals surface area contributed by atoms with Gasteiger partial charge in [0, 0.05) is 11.5 Å². The molecule has 1 aromatic heterocycles. The molecule has 90 valence electrons. The van der Waals surface area contributed by atoms with Crippen LogP contribution in [0.2, 0.25) is 0 Å². The molecule has 0 atom stereocenters. The van der Waals surface area contributed by atoms with Gasteiger partial charge in [0.1, 0.15) is 23.0 Å². The van der Waals surface area contributed by atoms with Gasteiger partial charge in [0.25, 0.3) is 0 Å². The number of nitrogen functional groups attached to an aromatic ring is 1. The van der Waals surface area contributed by atoms with Gasteiger partial charge in [-0.15, -0.1) is 0 Å². The van der Waals surface area contributed by atoms with E-state index in [1.807, 2.05) is 0 Å². The molecule has 2 aromatic rings. The molecule has 17 heavy (non-hydrogen) atoms. The molecule has 0 saturated heterocycles. The maximum absolute atomic E-state index is 13.4. The lowest BCUT2D eigenvalue weighted by atomic mass is 10.1. The van der Waals surface area contributed by atoms with E-state index in [0.29, 0.717) is 6.07 Å². The Morgan fingerprint density at radius 3 is 2.82 bits per heavy atom. The molecule has 0 fully saturated rings. The van der Waals surface area contributed by atoms with Gasteiger partial charge in [0.2, 0.25) is 0 Å². The number of nitrogens with one attached hydrogen (secondary N) is 1. The quantitative estimate of drug-likeness (QED) is 0.791. The molecule has 0 saturated carbocycles. The lowest BCUT2D eigenvalue weighted by molar-refractivity contribution is 0.0530. The number of carbonyl (C=O) groups is 1. The molecule has 0 radical (unpaired) electrons. The van der Waals surface area contributed by atoms with Crippen LogP contribution in [0, 0.1) is 11.6 Å². The van der Waals surface area contributed by atoms with Crippen molar-refractivity contribution in [1.82, 2.24) is 4.98 Å². The van der Waals surface area contributed by atoms with E-state index < -0.39 is 17.6 Å². The zero-order chi connectivity index (χ0) is 12.6. The molecule has 0 bridgehead atoms. The number of hydrogen-bond donors (Lipinski definition) is 2. The van der Waals surface area contributed by atoms with Crippen molar-refractivity contribution in [3.05, 3.63) is 29.3 Å². The van der Waals surface area contributed by atoms with Crippen LogP contribution in [0.5, 0.6) is 0 Å². The third-order valence-electron chi connectivity index (χ3n) is 2.33. The first-order valence-corrected chi connectivity index (χ1v) is 4.98. The monoisotopic (exact) mass is 240 g/mol. The van der Waals surface area contributed by atoms with Crippen molar-refractivity contribution in [2.45, 2.75) is 6.92 Å². The van der Waals surface area contributed by atoms with Crippen molar-refractivity contribution in [1.29, 1.82) is 0 Å². The summed E-state index contributed by atoms with van der Waals surface area (Å²) in [5, 5.41) is 0.0819. The van der Waals surface area contributed by atoms with Crippen LogP contribution in [0.4, 0.5) is 14.6 Å². The van der Waals surface area contributed by atoms with Gasteiger partial charge in [-0.1, -0.05) is 0 Å². The van der Waals surface area contributed by atoms with E-state index in [-0.39, 0.29) is 28.9 Å². The number of carbonyl (C=O) groups excluding carboxylic acids is 1. The molecule has 0 aliphatic carbocycles. The second kappa shape index (κ2) is 4.04. The Bertz CT molecular complexity index is 593. The molecule has 0 aliphatic rings. The van der Waals surface area contributed by atoms with Crippen LogP contribution in [-0.4, -0.2) is 17.6 Å². The van der Waals surface area contributed by atoms with Crippen molar-refractivity contribution < 1.29 is 18.3 Å². The molecule has 4 nitrogen and oxygen atoms in total. The first-order chi connectivity index (χ1) is 8.04. The number of anilines is 1. The van der Waals surface area contributed by atoms with Crippen molar-refractivity contribution >= 4 is 22.7 Å². The summed E-state index contributed by atoms with van der Waals surface area (Å²) in [4.78, 5) is 14.1. The Hall–Kier alpha value is -2.11. The third kappa shape index (κ3) is 1.82. The Labute approximate surface area is 95.4 Å². The van der Waals surface area contributed by atoms with E-state index >= 15 is 0 Å². The van der Waals surface area contributed by atoms with Gasteiger partial charge >= 0.3 is 5.97 Å². The predicted octanol–water partition coefficient (Wildman–Crippen LogP) is 2.21. The second-order valence-electron chi connectivity index (χ2n) is 3.44. The Balaban J connectivity index is 2.70. The SMILES string of the molecule is CCOC(=O)c1c(N)[nH]c2c(F)cc(F)cc12. The van der Waals surface area contributed by atoms with E-state index in [1.165, 1.54) is 0 Å². The van der Waals surface area contributed by atoms with Crippen molar-refractivity contribution in [2.75, 3.05) is 12.3 Å². The number of H-pyrrole nitrogens is 1. The normalized spacial score (nSPS) is 10.8. The number of nitrogens with two attached hydrogens (primary N) is 1. The second-order valence-corrected chi connectivity index (χ2v) is 3.44. The number of halogens is 2. The lowest BCUT2D eigenvalue weighted by Gasteiger charge is -2.01. The van der Waals surface area contributed by atoms with Crippen LogP contribution in [-0.2, 0) is 4.74 Å². The highest BCUT2D eigenvalue weighted by atomic mass is 19.1. The lowest BCUT2D eigenvalue weighted by Crippen LogP contribution is -2.06. The van der Waals surface area contributed by atoms with Crippen molar-refractivity contribution in [2.24, 2.45) is 0 Å². The number of aromatic amines is 1. The summed E-state index contributed by atoms with van der Waals surface area (Å²) in [7, 11) is 0. The standard InChI is InChI=1S/C11H10F2N2O2/c1-2-17-11(16)8-6-3-5(12)4-7(13)9(6)15-10(8)14/h3-4,15H,2,14H2,1H3. The molecular formula is C11H10F2N2O2. The van der Waals surface area contributed by atoms with E-state index in [2.05, 4.69) is 4.98 Å². The first kappa shape index (κ1) is 11.4. The Morgan fingerprint density at radius 1 is 1.47 bits per heavy atom. The third-order valence-corrected chi connectivity index (χ3v) is 2.33. The summed E-state index contributed by atoms with van der Waals surface area (Å²) in [6.45, 7) is 1.78. The van der Waals surface area contributed by atoms with E-state index in [1.54, 1.807) is 6.92 Å². The van der Waals surface area contributed by atoms with Crippen LogP contribution < -0.4 is 5.73 Å². The number of aromatic nitrogens is 1. The highest BCUT2D eigenvalue weighted by molar-refractivity contribution is 6.09. The topological polar surface area (TPSA) is 68.1 Å². The maximum Gasteiger partial charge on any atom is 0.342 e. The summed E-state index contributed by atoms with van der Waals surface area (Å²) in [6.07, 6.45) is 0. The van der Waals surface area contributed by atoms with Crippen LogP contribution in [0.3, 0.4) is 0 Å². The fourth-order valence-corrected chi connectivity index (χ4v) is 1.66. The summed E-state index contributed by atoms with van der Waals surface area (Å²) in [5.74, 6) is -2.33. The average molecular weight is 240 g/mol. The molecule has 1 aromatic carbocycles. The fraction of sp³-hybridized carbons (Fsp3) is 0.182. The zero-order valence-corrected chi connectivity index (χ0v) is 9.01. The largest absolute Gasteiger partial charge is 0.462 e. The van der Waals surface area contributed by atoms with Gasteiger partial charge in [-0.2, -0.15) is 0 Å². The smallest absolute Gasteiger partial charge is 0.342 e. The minimum Gasteiger partial charge on any atom is -0.462 e. The van der Waals surface area contributed by atoms with Crippen molar-refractivity contribution in [3.8, 4) is 0 Å². The van der Waals surface area contributed by atoms with Gasteiger partial charge in [0.15, 0.2) is 0 Å². The zero-order valence-electron chi connectivity index (χ0n) is 9.01. The number of benzene rings is 1. The molecule has 1 heterocycles. The number of ether oxygens (including phenoxy) is 1. The molecule has 6 heteroatoms. The first-order valence-electron chi connectivity index (χ1n) is 4.98. The molecule has 3 N–H and O–H groups in total. The van der Waals surface area contributed by atoms with Gasteiger partial charge in [-0.25, -0.2) is 13.6 Å². The summed E-state index contributed by atoms with van der Waals surface area (Å²) >= 11 is 0. The fourth-order valence-electron chi connectivity index (χ4n) is 1.66. The number of hydrogen-bond acceptors (Lipinski definition) is 3. The van der Waals surface area contributed by atoms with E-state index in [9.17, 15) is 13.6 Å². The molecule has 0 amide bonds. The number of rotatable bonds is 2. The van der Waals surface area contributed by atoms with Crippen LogP contribution in [0.25, 0.3) is 10.9 Å². The molecule has 0 unspecified atom stereocenters. The minimum absolute atomic E-state index is 0.00745. The molecule has 2 rings (SSSR count). The molecular weight excluding hydrogens is 230 g/mol. The highest BCUT2D eigenvalue weighted by Gasteiger charge is 2.20. The maximum atomic E-state index is 13.4. The highest BCUT2D eigenvalue weighted by Crippen LogP contribution is 2.27. The van der Waals surface area contributed by atoms with Gasteiger partial charge < -0.3 is 15.5 Å². The van der Waals surface area contributed by atoms with E-state index in [4.69, 9.17) is 10.5 Å². The molecule has 0 spiro atoms. The molecule has 0 aliphatic heterocycles. The van der Waals surface area contributed by atoms with Gasteiger partial charge in [0.05, 0.1) is 12.1 Å². The number of fused-ring (bicyclic) bond motifs is 1. The summed E-state index contributed by atoms with van der Waals surface area (Å²) < 4.78 is 31.3. The summed E-state index contributed by atoms with van der Waals surface area (Å²) in [6, 6.07) is 1.75. The Kier molecular flexibility index (Phi) is 2.71. The van der Waals surface area contributed by atoms with Crippen LogP contribution in [0.15, 0.2) is 12.1 Å². The average Bonchev–Trinajstić information content (AvgIpc) is 2.55. The van der Waals surface area contributed by atoms with Crippen LogP contribution in [0.1, 0.15) is 17.3 Å². The number of esters is 1. The predicted molar refractivity (Wildman–Crippen MR) is 58.6 cm³/mol. The van der Waals surface area contributed by atoms with Crippen molar-refractivity contribution in [3.63, 3.8) is 0 Å². The van der Waals surface area contributed by atoms with Gasteiger partial charge in [-0.05, 0) is 13.0 Å². The summed E-state index contributed by atoms with van der Waals surface area (Å²) in [5.41, 5.74) is 5.51.